The molecular formula is C22H31ClN6O3. The maximum atomic E-state index is 12.7. The van der Waals surface area contributed by atoms with Crippen molar-refractivity contribution in [1.82, 2.24) is 15.6 Å². The minimum atomic E-state index is -0.923. The minimum Gasteiger partial charge on any atom is -0.394 e. The van der Waals surface area contributed by atoms with E-state index in [4.69, 9.17) is 5.84 Å². The Morgan fingerprint density at radius 2 is 1.97 bits per heavy atom. The van der Waals surface area contributed by atoms with E-state index < -0.39 is 24.6 Å². The van der Waals surface area contributed by atoms with E-state index in [1.165, 1.54) is 6.21 Å². The van der Waals surface area contributed by atoms with Crippen LogP contribution in [0.1, 0.15) is 25.1 Å². The first-order valence-electron chi connectivity index (χ1n) is 10.1. The molecule has 0 saturated heterocycles. The van der Waals surface area contributed by atoms with Gasteiger partial charge in [-0.05, 0) is 35.7 Å². The summed E-state index contributed by atoms with van der Waals surface area (Å²) < 4.78 is 0. The second-order valence-electron chi connectivity index (χ2n) is 7.38. The Bertz CT molecular complexity index is 879. The van der Waals surface area contributed by atoms with E-state index in [2.05, 4.69) is 26.0 Å². The minimum absolute atomic E-state index is 0. The maximum Gasteiger partial charge on any atom is 0.245 e. The maximum absolute atomic E-state index is 12.7. The predicted octanol–water partition coefficient (Wildman–Crippen LogP) is 1.07. The molecule has 0 radical (unpaired) electrons. The third-order valence-corrected chi connectivity index (χ3v) is 4.60. The van der Waals surface area contributed by atoms with Gasteiger partial charge in [-0.2, -0.15) is 5.10 Å². The number of aliphatic hydroxyl groups excluding tert-OH is 1. The van der Waals surface area contributed by atoms with Gasteiger partial charge in [0, 0.05) is 30.5 Å². The van der Waals surface area contributed by atoms with Crippen LogP contribution in [0.2, 0.25) is 0 Å². The normalized spacial score (nSPS) is 12.6. The molecule has 174 valence electrons. The first-order valence-corrected chi connectivity index (χ1v) is 10.1. The van der Waals surface area contributed by atoms with Crippen molar-refractivity contribution in [2.75, 3.05) is 18.5 Å². The number of aliphatic hydroxyl groups is 1. The van der Waals surface area contributed by atoms with Gasteiger partial charge in [-0.15, -0.1) is 12.4 Å². The summed E-state index contributed by atoms with van der Waals surface area (Å²) in [4.78, 5) is 29.6. The molecule has 2 aromatic rings. The SMILES string of the molecule is CC(C)C(NC(=O)C(CO)Nc1cccc(C=NN)c1)C(=O)NCCc1ccccn1.Cl. The zero-order valence-corrected chi connectivity index (χ0v) is 19.0. The smallest absolute Gasteiger partial charge is 0.245 e. The van der Waals surface area contributed by atoms with Crippen molar-refractivity contribution in [2.24, 2.45) is 16.9 Å². The highest BCUT2D eigenvalue weighted by Gasteiger charge is 2.27. The van der Waals surface area contributed by atoms with Gasteiger partial charge >= 0.3 is 0 Å². The first-order chi connectivity index (χ1) is 14.9. The van der Waals surface area contributed by atoms with Crippen molar-refractivity contribution in [3.8, 4) is 0 Å². The van der Waals surface area contributed by atoms with Crippen molar-refractivity contribution >= 4 is 36.1 Å². The molecule has 0 aliphatic rings. The second-order valence-corrected chi connectivity index (χ2v) is 7.38. The lowest BCUT2D eigenvalue weighted by atomic mass is 10.0. The zero-order chi connectivity index (χ0) is 22.6. The molecule has 0 aliphatic carbocycles. The molecule has 10 heteroatoms. The molecule has 32 heavy (non-hydrogen) atoms. The third-order valence-electron chi connectivity index (χ3n) is 4.60. The fourth-order valence-electron chi connectivity index (χ4n) is 2.95. The molecule has 1 heterocycles. The Labute approximate surface area is 194 Å². The quantitative estimate of drug-likeness (QED) is 0.192. The van der Waals surface area contributed by atoms with Crippen LogP contribution in [0.25, 0.3) is 0 Å². The van der Waals surface area contributed by atoms with Gasteiger partial charge in [-0.1, -0.05) is 32.0 Å². The monoisotopic (exact) mass is 462 g/mol. The van der Waals surface area contributed by atoms with Crippen molar-refractivity contribution in [2.45, 2.75) is 32.4 Å². The standard InChI is InChI=1S/C22H30N6O3.ClH/c1-15(2)20(22(31)25-11-9-17-7-3-4-10-24-17)28-21(30)19(14-29)27-18-8-5-6-16(12-18)13-26-23;/h3-8,10,12-13,15,19-20,27,29H,9,11,14,23H2,1-2H3,(H,25,31)(H,28,30);1H. The average Bonchev–Trinajstić information content (AvgIpc) is 2.76. The highest BCUT2D eigenvalue weighted by atomic mass is 35.5. The van der Waals surface area contributed by atoms with E-state index >= 15 is 0 Å². The van der Waals surface area contributed by atoms with Gasteiger partial charge in [-0.3, -0.25) is 14.6 Å². The van der Waals surface area contributed by atoms with Crippen LogP contribution in [-0.2, 0) is 16.0 Å². The van der Waals surface area contributed by atoms with Crippen LogP contribution in [0.3, 0.4) is 0 Å². The van der Waals surface area contributed by atoms with Gasteiger partial charge < -0.3 is 26.9 Å². The Morgan fingerprint density at radius 1 is 1.19 bits per heavy atom. The fraction of sp³-hybridized carbons (Fsp3) is 0.364. The molecule has 0 aliphatic heterocycles. The Hall–Kier alpha value is -3.17. The summed E-state index contributed by atoms with van der Waals surface area (Å²) in [5.41, 5.74) is 2.24. The molecule has 1 aromatic carbocycles. The van der Waals surface area contributed by atoms with E-state index in [9.17, 15) is 14.7 Å². The molecule has 0 fully saturated rings. The third kappa shape index (κ3) is 8.52. The summed E-state index contributed by atoms with van der Waals surface area (Å²) in [7, 11) is 0. The Balaban J connectivity index is 0.00000512. The van der Waals surface area contributed by atoms with Crippen molar-refractivity contribution < 1.29 is 14.7 Å². The Morgan fingerprint density at radius 3 is 2.59 bits per heavy atom. The Kier molecular flexibility index (Phi) is 11.8. The molecule has 2 unspecified atom stereocenters. The number of halogens is 1. The van der Waals surface area contributed by atoms with E-state index in [0.717, 1.165) is 11.3 Å². The molecular weight excluding hydrogens is 432 g/mol. The number of hydrazone groups is 1. The van der Waals surface area contributed by atoms with Gasteiger partial charge in [0.1, 0.15) is 12.1 Å². The van der Waals surface area contributed by atoms with Crippen LogP contribution < -0.4 is 21.8 Å². The van der Waals surface area contributed by atoms with Crippen molar-refractivity contribution in [3.05, 3.63) is 59.9 Å². The van der Waals surface area contributed by atoms with Crippen LogP contribution >= 0.6 is 12.4 Å². The number of amides is 2. The number of carbonyl (C=O) groups is 2. The van der Waals surface area contributed by atoms with E-state index in [0.29, 0.717) is 18.7 Å². The number of hydrogen-bond acceptors (Lipinski definition) is 7. The summed E-state index contributed by atoms with van der Waals surface area (Å²) in [5, 5.41) is 21.7. The van der Waals surface area contributed by atoms with Gasteiger partial charge in [0.15, 0.2) is 0 Å². The number of aromatic nitrogens is 1. The second kappa shape index (κ2) is 14.0. The number of nitrogens with two attached hydrogens (primary N) is 1. The van der Waals surface area contributed by atoms with Gasteiger partial charge in [-0.25, -0.2) is 0 Å². The van der Waals surface area contributed by atoms with Gasteiger partial charge in [0.2, 0.25) is 11.8 Å². The summed E-state index contributed by atoms with van der Waals surface area (Å²) in [6.45, 7) is 3.67. The topological polar surface area (TPSA) is 142 Å². The number of nitrogens with zero attached hydrogens (tertiary/aromatic N) is 2. The highest BCUT2D eigenvalue weighted by molar-refractivity contribution is 5.91. The van der Waals surface area contributed by atoms with E-state index in [-0.39, 0.29) is 24.2 Å². The highest BCUT2D eigenvalue weighted by Crippen LogP contribution is 2.11. The molecule has 0 bridgehead atoms. The molecule has 6 N–H and O–H groups in total. The summed E-state index contributed by atoms with van der Waals surface area (Å²) >= 11 is 0. The number of rotatable bonds is 11. The number of benzene rings is 1. The lowest BCUT2D eigenvalue weighted by molar-refractivity contribution is -0.130. The number of hydrogen-bond donors (Lipinski definition) is 5. The summed E-state index contributed by atoms with van der Waals surface area (Å²) in [6.07, 6.45) is 3.77. The molecule has 2 atom stereocenters. The molecule has 0 spiro atoms. The average molecular weight is 463 g/mol. The van der Waals surface area contributed by atoms with Crippen LogP contribution in [0, 0.1) is 5.92 Å². The number of anilines is 1. The zero-order valence-electron chi connectivity index (χ0n) is 18.2. The molecule has 2 amide bonds. The van der Waals surface area contributed by atoms with E-state index in [1.54, 1.807) is 30.5 Å². The number of nitrogens with one attached hydrogen (secondary N) is 3. The number of pyridine rings is 1. The van der Waals surface area contributed by atoms with Crippen LogP contribution in [0.15, 0.2) is 53.8 Å². The summed E-state index contributed by atoms with van der Waals surface area (Å²) in [6, 6.07) is 11.0. The lowest BCUT2D eigenvalue weighted by Crippen LogP contribution is -2.54. The van der Waals surface area contributed by atoms with Crippen molar-refractivity contribution in [3.63, 3.8) is 0 Å². The predicted molar refractivity (Wildman–Crippen MR) is 128 cm³/mol. The number of carbonyl (C=O) groups excluding carboxylic acids is 2. The van der Waals surface area contributed by atoms with Gasteiger partial charge in [0.05, 0.1) is 12.8 Å². The molecule has 2 rings (SSSR count). The van der Waals surface area contributed by atoms with Crippen LogP contribution in [0.4, 0.5) is 5.69 Å². The molecule has 1 aromatic heterocycles. The molecule has 9 nitrogen and oxygen atoms in total. The lowest BCUT2D eigenvalue weighted by Gasteiger charge is -2.25. The summed E-state index contributed by atoms with van der Waals surface area (Å²) in [5.74, 6) is 4.28. The van der Waals surface area contributed by atoms with Crippen LogP contribution in [0.5, 0.6) is 0 Å². The van der Waals surface area contributed by atoms with Crippen molar-refractivity contribution in [1.29, 1.82) is 0 Å². The largest absolute Gasteiger partial charge is 0.394 e. The molecule has 0 saturated carbocycles. The van der Waals surface area contributed by atoms with Crippen LogP contribution in [-0.4, -0.2) is 53.4 Å². The first kappa shape index (κ1) is 26.9. The van der Waals surface area contributed by atoms with E-state index in [1.807, 2.05) is 32.0 Å². The fourth-order valence-corrected chi connectivity index (χ4v) is 2.95. The van der Waals surface area contributed by atoms with Gasteiger partial charge in [0.25, 0.3) is 0 Å².